The second-order valence-electron chi connectivity index (χ2n) is 5.80. The zero-order valence-electron chi connectivity index (χ0n) is 14.3. The molecule has 0 spiro atoms. The van der Waals surface area contributed by atoms with Crippen LogP contribution in [0.2, 0.25) is 0 Å². The van der Waals surface area contributed by atoms with Crippen LogP contribution in [-0.4, -0.2) is 19.1 Å². The largest absolute Gasteiger partial charge is 0.295 e. The van der Waals surface area contributed by atoms with E-state index >= 15 is 0 Å². The van der Waals surface area contributed by atoms with Crippen LogP contribution in [0.3, 0.4) is 0 Å². The molecule has 0 aliphatic rings. The molecule has 0 heterocycles. The summed E-state index contributed by atoms with van der Waals surface area (Å²) in [5, 5.41) is 10.8. The highest BCUT2D eigenvalue weighted by Gasteiger charge is 2.26. The molecule has 7 nitrogen and oxygen atoms in total. The molecular formula is C18H18N2O5S. The summed E-state index contributed by atoms with van der Waals surface area (Å²) < 4.78 is 27.8. The first-order valence-electron chi connectivity index (χ1n) is 7.65. The van der Waals surface area contributed by atoms with E-state index in [1.807, 2.05) is 6.92 Å². The topological polar surface area (TPSA) is 106 Å². The molecule has 0 aromatic heterocycles. The van der Waals surface area contributed by atoms with Crippen molar-refractivity contribution in [3.8, 4) is 0 Å². The van der Waals surface area contributed by atoms with Gasteiger partial charge in [-0.1, -0.05) is 36.4 Å². The molecule has 136 valence electrons. The minimum Gasteiger partial charge on any atom is -0.295 e. The van der Waals surface area contributed by atoms with Gasteiger partial charge >= 0.3 is 0 Å². The number of non-ortho nitro benzene ring substituents is 1. The van der Waals surface area contributed by atoms with Crippen molar-refractivity contribution in [2.24, 2.45) is 0 Å². The van der Waals surface area contributed by atoms with E-state index in [1.54, 1.807) is 12.1 Å². The van der Waals surface area contributed by atoms with Gasteiger partial charge in [0.15, 0.2) is 5.78 Å². The molecule has 26 heavy (non-hydrogen) atoms. The van der Waals surface area contributed by atoms with Gasteiger partial charge in [0.05, 0.1) is 15.9 Å². The van der Waals surface area contributed by atoms with Gasteiger partial charge < -0.3 is 0 Å². The maximum absolute atomic E-state index is 12.7. The number of carbonyl (C=O) groups excluding carboxylic acids is 1. The third-order valence-electron chi connectivity index (χ3n) is 3.84. The summed E-state index contributed by atoms with van der Waals surface area (Å²) in [6.45, 7) is 6.78. The van der Waals surface area contributed by atoms with Gasteiger partial charge in [-0.2, -0.15) is 4.72 Å². The molecule has 0 saturated heterocycles. The summed E-state index contributed by atoms with van der Waals surface area (Å²) in [4.78, 5) is 22.0. The Morgan fingerprint density at radius 1 is 1.12 bits per heavy atom. The Kier molecular flexibility index (Phi) is 5.69. The third-order valence-corrected chi connectivity index (χ3v) is 5.28. The number of nitrogens with zero attached hydrogens (tertiary/aromatic N) is 1. The van der Waals surface area contributed by atoms with Crippen LogP contribution in [0.5, 0.6) is 0 Å². The molecule has 0 radical (unpaired) electrons. The number of carbonyl (C=O) groups is 1. The van der Waals surface area contributed by atoms with Crippen LogP contribution in [0.4, 0.5) is 5.69 Å². The van der Waals surface area contributed by atoms with Gasteiger partial charge in [-0.25, -0.2) is 8.42 Å². The van der Waals surface area contributed by atoms with Gasteiger partial charge in [-0.15, -0.1) is 0 Å². The molecule has 2 aromatic rings. The predicted molar refractivity (Wildman–Crippen MR) is 97.2 cm³/mol. The highest BCUT2D eigenvalue weighted by atomic mass is 32.2. The number of nitro groups is 1. The van der Waals surface area contributed by atoms with E-state index in [9.17, 15) is 23.3 Å². The van der Waals surface area contributed by atoms with Crippen molar-refractivity contribution in [2.45, 2.75) is 24.8 Å². The molecule has 8 heteroatoms. The number of rotatable bonds is 7. The Balaban J connectivity index is 2.42. The van der Waals surface area contributed by atoms with Crippen LogP contribution in [0.1, 0.15) is 24.1 Å². The van der Waals surface area contributed by atoms with E-state index in [4.69, 9.17) is 0 Å². The molecule has 0 amide bonds. The molecule has 0 saturated carbocycles. The maximum atomic E-state index is 12.7. The lowest BCUT2D eigenvalue weighted by molar-refractivity contribution is -0.384. The Morgan fingerprint density at radius 2 is 1.65 bits per heavy atom. The quantitative estimate of drug-likeness (QED) is 0.455. The fourth-order valence-electron chi connectivity index (χ4n) is 2.27. The lowest BCUT2D eigenvalue weighted by Gasteiger charge is -2.20. The van der Waals surface area contributed by atoms with Crippen LogP contribution in [0.25, 0.3) is 0 Å². The van der Waals surface area contributed by atoms with E-state index in [0.29, 0.717) is 5.56 Å². The SMILES string of the molecule is C=C(C(C)=O)[C@@H](NS(=O)(=O)c1ccc(C)cc1)c1ccc([N+](=O)[O-])cc1. The first-order chi connectivity index (χ1) is 12.1. The van der Waals surface area contributed by atoms with Gasteiger partial charge in [0.2, 0.25) is 10.0 Å². The summed E-state index contributed by atoms with van der Waals surface area (Å²) in [5.74, 6) is -0.389. The molecule has 1 N–H and O–H groups in total. The second kappa shape index (κ2) is 7.59. The van der Waals surface area contributed by atoms with Crippen LogP contribution in [0, 0.1) is 17.0 Å². The van der Waals surface area contributed by atoms with Crippen LogP contribution in [0.15, 0.2) is 65.6 Å². The first-order valence-corrected chi connectivity index (χ1v) is 9.13. The van der Waals surface area contributed by atoms with Crippen molar-refractivity contribution in [1.29, 1.82) is 0 Å². The number of hydrogen-bond donors (Lipinski definition) is 1. The minimum atomic E-state index is -3.93. The predicted octanol–water partition coefficient (Wildman–Crippen LogP) is 3.07. The van der Waals surface area contributed by atoms with Crippen LogP contribution in [-0.2, 0) is 14.8 Å². The van der Waals surface area contributed by atoms with Crippen molar-refractivity contribution in [3.63, 3.8) is 0 Å². The van der Waals surface area contributed by atoms with E-state index in [1.165, 1.54) is 43.3 Å². The van der Waals surface area contributed by atoms with E-state index in [2.05, 4.69) is 11.3 Å². The average molecular weight is 374 g/mol. The van der Waals surface area contributed by atoms with Crippen molar-refractivity contribution in [3.05, 3.63) is 81.9 Å². The van der Waals surface area contributed by atoms with Crippen molar-refractivity contribution < 1.29 is 18.1 Å². The highest BCUT2D eigenvalue weighted by molar-refractivity contribution is 7.89. The zero-order chi connectivity index (χ0) is 19.5. The number of ketones is 1. The van der Waals surface area contributed by atoms with Crippen molar-refractivity contribution >= 4 is 21.5 Å². The van der Waals surface area contributed by atoms with Gasteiger partial charge in [0.1, 0.15) is 0 Å². The molecule has 2 aromatic carbocycles. The normalized spacial score (nSPS) is 12.4. The van der Waals surface area contributed by atoms with Gasteiger partial charge in [-0.05, 0) is 31.5 Å². The van der Waals surface area contributed by atoms with Crippen LogP contribution >= 0.6 is 0 Å². The minimum absolute atomic E-state index is 0.0366. The van der Waals surface area contributed by atoms with E-state index in [0.717, 1.165) is 5.56 Å². The molecule has 0 fully saturated rings. The van der Waals surface area contributed by atoms with Gasteiger partial charge in [0.25, 0.3) is 5.69 Å². The number of sulfonamides is 1. The number of aryl methyl sites for hydroxylation is 1. The fourth-order valence-corrected chi connectivity index (χ4v) is 3.49. The Hall–Kier alpha value is -2.84. The molecule has 0 bridgehead atoms. The van der Waals surface area contributed by atoms with Crippen LogP contribution < -0.4 is 4.72 Å². The Bertz CT molecular complexity index is 948. The Labute approximate surface area is 151 Å². The summed E-state index contributed by atoms with van der Waals surface area (Å²) >= 11 is 0. The number of nitro benzene ring substituents is 1. The average Bonchev–Trinajstić information content (AvgIpc) is 2.59. The number of nitrogens with one attached hydrogen (secondary N) is 1. The lowest BCUT2D eigenvalue weighted by atomic mass is 9.98. The lowest BCUT2D eigenvalue weighted by Crippen LogP contribution is -2.31. The number of benzene rings is 2. The standard InChI is InChI=1S/C18H18N2O5S/c1-12-4-10-17(11-5-12)26(24,25)19-18(13(2)14(3)21)15-6-8-16(9-7-15)20(22)23/h4-11,18-19H,2H2,1,3H3/t18-/m1/s1. The zero-order valence-corrected chi connectivity index (χ0v) is 15.1. The molecular weight excluding hydrogens is 356 g/mol. The molecule has 2 rings (SSSR count). The second-order valence-corrected chi connectivity index (χ2v) is 7.51. The third kappa shape index (κ3) is 4.41. The van der Waals surface area contributed by atoms with E-state index < -0.39 is 21.0 Å². The molecule has 0 aliphatic heterocycles. The fraction of sp³-hybridized carbons (Fsp3) is 0.167. The monoisotopic (exact) mass is 374 g/mol. The van der Waals surface area contributed by atoms with Crippen molar-refractivity contribution in [1.82, 2.24) is 4.72 Å². The summed E-state index contributed by atoms with van der Waals surface area (Å²) in [7, 11) is -3.93. The smallest absolute Gasteiger partial charge is 0.269 e. The molecule has 0 aliphatic carbocycles. The summed E-state index contributed by atoms with van der Waals surface area (Å²) in [6.07, 6.45) is 0. The highest BCUT2D eigenvalue weighted by Crippen LogP contribution is 2.26. The number of Topliss-reactive ketones (excluding diaryl/α,β-unsaturated/α-hetero) is 1. The summed E-state index contributed by atoms with van der Waals surface area (Å²) in [5.41, 5.74) is 1.19. The van der Waals surface area contributed by atoms with E-state index in [-0.39, 0.29) is 21.9 Å². The van der Waals surface area contributed by atoms with Gasteiger partial charge in [-0.3, -0.25) is 14.9 Å². The summed E-state index contributed by atoms with van der Waals surface area (Å²) in [6, 6.07) is 10.5. The Morgan fingerprint density at radius 3 is 2.12 bits per heavy atom. The number of hydrogen-bond acceptors (Lipinski definition) is 5. The van der Waals surface area contributed by atoms with Gasteiger partial charge in [0, 0.05) is 17.7 Å². The van der Waals surface area contributed by atoms with Crippen molar-refractivity contribution in [2.75, 3.05) is 0 Å². The maximum Gasteiger partial charge on any atom is 0.269 e. The molecule has 1 atom stereocenters. The molecule has 0 unspecified atom stereocenters. The first kappa shape index (κ1) is 19.5.